The number of nitrogens with two attached hydrogens (primary N) is 1. The van der Waals surface area contributed by atoms with E-state index in [0.717, 1.165) is 22.4 Å². The first-order chi connectivity index (χ1) is 9.60. The number of hydrazine groups is 1. The number of hydrogen-bond acceptors (Lipinski definition) is 4. The average molecular weight is 271 g/mol. The molecule has 2 aromatic rings. The quantitative estimate of drug-likeness (QED) is 0.648. The van der Waals surface area contributed by atoms with Gasteiger partial charge >= 0.3 is 0 Å². The number of benzene rings is 1. The summed E-state index contributed by atoms with van der Waals surface area (Å²) in [6.07, 6.45) is 3.83. The van der Waals surface area contributed by atoms with E-state index >= 15 is 0 Å². The molecule has 4 nitrogen and oxygen atoms in total. The van der Waals surface area contributed by atoms with E-state index in [4.69, 9.17) is 10.6 Å². The molecule has 0 saturated heterocycles. The van der Waals surface area contributed by atoms with Crippen molar-refractivity contribution in [3.63, 3.8) is 0 Å². The van der Waals surface area contributed by atoms with Gasteiger partial charge in [-0.25, -0.2) is 5.43 Å². The molecule has 0 aliphatic rings. The number of nitrogens with one attached hydrogen (secondary N) is 1. The van der Waals surface area contributed by atoms with Gasteiger partial charge in [-0.05, 0) is 49.6 Å². The highest BCUT2D eigenvalue weighted by molar-refractivity contribution is 5.35. The van der Waals surface area contributed by atoms with Crippen LogP contribution < -0.4 is 16.0 Å². The van der Waals surface area contributed by atoms with Gasteiger partial charge in [0.25, 0.3) is 0 Å². The summed E-state index contributed by atoms with van der Waals surface area (Å²) in [5.41, 5.74) is 6.08. The van der Waals surface area contributed by atoms with Crippen LogP contribution >= 0.6 is 0 Å². The minimum absolute atomic E-state index is 0.0736. The van der Waals surface area contributed by atoms with E-state index in [1.165, 1.54) is 0 Å². The second-order valence-corrected chi connectivity index (χ2v) is 5.13. The molecule has 2 rings (SSSR count). The Morgan fingerprint density at radius 2 is 1.80 bits per heavy atom. The summed E-state index contributed by atoms with van der Waals surface area (Å²) in [6, 6.07) is 9.97. The molecule has 106 valence electrons. The number of ether oxygens (including phenoxy) is 1. The van der Waals surface area contributed by atoms with Crippen LogP contribution in [0.25, 0.3) is 0 Å². The molecule has 0 spiro atoms. The van der Waals surface area contributed by atoms with Crippen molar-refractivity contribution in [1.82, 2.24) is 10.4 Å². The van der Waals surface area contributed by atoms with Gasteiger partial charge in [0.05, 0.1) is 12.1 Å². The summed E-state index contributed by atoms with van der Waals surface area (Å²) >= 11 is 0. The third-order valence-corrected chi connectivity index (χ3v) is 2.98. The maximum absolute atomic E-state index is 5.70. The third kappa shape index (κ3) is 3.56. The van der Waals surface area contributed by atoms with Gasteiger partial charge in [-0.15, -0.1) is 0 Å². The van der Waals surface area contributed by atoms with Crippen molar-refractivity contribution in [2.45, 2.75) is 32.9 Å². The van der Waals surface area contributed by atoms with Gasteiger partial charge in [0, 0.05) is 12.4 Å². The van der Waals surface area contributed by atoms with Gasteiger partial charge in [0.2, 0.25) is 0 Å². The second kappa shape index (κ2) is 6.50. The Kier molecular flexibility index (Phi) is 4.71. The molecule has 0 bridgehead atoms. The Hall–Kier alpha value is -1.91. The van der Waals surface area contributed by atoms with Crippen LogP contribution in [0.2, 0.25) is 0 Å². The molecular weight excluding hydrogens is 250 g/mol. The molecule has 3 N–H and O–H groups in total. The van der Waals surface area contributed by atoms with E-state index < -0.39 is 0 Å². The molecule has 0 radical (unpaired) electrons. The molecular formula is C16H21N3O. The molecule has 20 heavy (non-hydrogen) atoms. The van der Waals surface area contributed by atoms with E-state index in [2.05, 4.69) is 16.5 Å². The summed E-state index contributed by atoms with van der Waals surface area (Å²) in [5, 5.41) is 0. The Bertz CT molecular complexity index is 552. The van der Waals surface area contributed by atoms with Gasteiger partial charge < -0.3 is 4.74 Å². The molecule has 1 aromatic carbocycles. The van der Waals surface area contributed by atoms with E-state index in [1.54, 1.807) is 0 Å². The highest BCUT2D eigenvalue weighted by Gasteiger charge is 2.13. The lowest BCUT2D eigenvalue weighted by molar-refractivity contribution is 0.242. The summed E-state index contributed by atoms with van der Waals surface area (Å²) in [7, 11) is 0. The molecule has 1 heterocycles. The number of aryl methyl sites for hydroxylation is 1. The molecule has 1 aromatic heterocycles. The van der Waals surface area contributed by atoms with Gasteiger partial charge in [0.1, 0.15) is 5.75 Å². The van der Waals surface area contributed by atoms with Crippen molar-refractivity contribution in [2.75, 3.05) is 0 Å². The van der Waals surface area contributed by atoms with Crippen LogP contribution in [-0.2, 0) is 0 Å². The smallest absolute Gasteiger partial charge is 0.119 e. The molecule has 0 fully saturated rings. The van der Waals surface area contributed by atoms with Crippen molar-refractivity contribution in [1.29, 1.82) is 0 Å². The van der Waals surface area contributed by atoms with Crippen LogP contribution in [0.1, 0.15) is 36.6 Å². The summed E-state index contributed by atoms with van der Waals surface area (Å²) < 4.78 is 5.64. The highest BCUT2D eigenvalue weighted by atomic mass is 16.5. The molecule has 0 saturated carbocycles. The zero-order valence-corrected chi connectivity index (χ0v) is 12.1. The Balaban J connectivity index is 2.23. The average Bonchev–Trinajstić information content (AvgIpc) is 2.41. The van der Waals surface area contributed by atoms with Crippen LogP contribution in [0.15, 0.2) is 42.7 Å². The number of pyridine rings is 1. The van der Waals surface area contributed by atoms with Crippen molar-refractivity contribution in [3.8, 4) is 5.75 Å². The molecule has 0 aliphatic carbocycles. The predicted molar refractivity (Wildman–Crippen MR) is 80.3 cm³/mol. The monoisotopic (exact) mass is 271 g/mol. The summed E-state index contributed by atoms with van der Waals surface area (Å²) in [6.45, 7) is 6.04. The largest absolute Gasteiger partial charge is 0.491 e. The molecule has 0 amide bonds. The van der Waals surface area contributed by atoms with Gasteiger partial charge in [0.15, 0.2) is 0 Å². The Morgan fingerprint density at radius 1 is 1.10 bits per heavy atom. The van der Waals surface area contributed by atoms with Crippen LogP contribution in [0.4, 0.5) is 0 Å². The van der Waals surface area contributed by atoms with Crippen LogP contribution in [0, 0.1) is 6.92 Å². The fraction of sp³-hybridized carbons (Fsp3) is 0.312. The van der Waals surface area contributed by atoms with E-state index in [9.17, 15) is 0 Å². The fourth-order valence-electron chi connectivity index (χ4n) is 2.13. The van der Waals surface area contributed by atoms with Crippen LogP contribution in [0.5, 0.6) is 5.75 Å². The molecule has 0 aliphatic heterocycles. The first kappa shape index (κ1) is 14.5. The zero-order chi connectivity index (χ0) is 14.5. The minimum Gasteiger partial charge on any atom is -0.491 e. The van der Waals surface area contributed by atoms with Crippen molar-refractivity contribution in [2.24, 2.45) is 5.84 Å². The van der Waals surface area contributed by atoms with Gasteiger partial charge in [-0.2, -0.15) is 0 Å². The Labute approximate surface area is 120 Å². The van der Waals surface area contributed by atoms with Gasteiger partial charge in [-0.1, -0.05) is 18.2 Å². The lowest BCUT2D eigenvalue weighted by Gasteiger charge is -2.18. The summed E-state index contributed by atoms with van der Waals surface area (Å²) in [5.74, 6) is 6.56. The molecule has 1 atom stereocenters. The van der Waals surface area contributed by atoms with E-state index in [-0.39, 0.29) is 12.1 Å². The van der Waals surface area contributed by atoms with E-state index in [0.29, 0.717) is 0 Å². The highest BCUT2D eigenvalue weighted by Crippen LogP contribution is 2.24. The zero-order valence-electron chi connectivity index (χ0n) is 12.1. The second-order valence-electron chi connectivity index (χ2n) is 5.13. The van der Waals surface area contributed by atoms with Crippen molar-refractivity contribution in [3.05, 3.63) is 59.4 Å². The topological polar surface area (TPSA) is 60.2 Å². The first-order valence-corrected chi connectivity index (χ1v) is 6.74. The third-order valence-electron chi connectivity index (χ3n) is 2.98. The van der Waals surface area contributed by atoms with Crippen molar-refractivity contribution >= 4 is 0 Å². The predicted octanol–water partition coefficient (Wildman–Crippen LogP) is 2.73. The SMILES string of the molecule is Cc1cncc(C(NN)c2ccc(OC(C)C)cc2)c1. The number of nitrogens with zero attached hydrogens (tertiary/aromatic N) is 1. The van der Waals surface area contributed by atoms with E-state index in [1.807, 2.05) is 57.4 Å². The van der Waals surface area contributed by atoms with Crippen LogP contribution in [0.3, 0.4) is 0 Å². The maximum Gasteiger partial charge on any atom is 0.119 e. The molecule has 4 heteroatoms. The normalized spacial score (nSPS) is 12.4. The van der Waals surface area contributed by atoms with Crippen molar-refractivity contribution < 1.29 is 4.74 Å². The Morgan fingerprint density at radius 3 is 2.35 bits per heavy atom. The number of rotatable bonds is 5. The minimum atomic E-state index is -0.0736. The summed E-state index contributed by atoms with van der Waals surface area (Å²) in [4.78, 5) is 4.22. The lowest BCUT2D eigenvalue weighted by Crippen LogP contribution is -2.29. The van der Waals surface area contributed by atoms with Gasteiger partial charge in [-0.3, -0.25) is 10.8 Å². The maximum atomic E-state index is 5.70. The first-order valence-electron chi connectivity index (χ1n) is 6.74. The number of aromatic nitrogens is 1. The standard InChI is InChI=1S/C16H21N3O/c1-11(2)20-15-6-4-13(5-7-15)16(19-17)14-8-12(3)9-18-10-14/h4-11,16,19H,17H2,1-3H3. The molecule has 1 unspecified atom stereocenters. The number of hydrogen-bond donors (Lipinski definition) is 2. The lowest BCUT2D eigenvalue weighted by atomic mass is 10.00. The van der Waals surface area contributed by atoms with Crippen LogP contribution in [-0.4, -0.2) is 11.1 Å². The fourth-order valence-corrected chi connectivity index (χ4v) is 2.13.